The number of amides is 6. The van der Waals surface area contributed by atoms with E-state index in [9.17, 15) is 77.3 Å². The number of ether oxygens (including phenoxy) is 2. The van der Waals surface area contributed by atoms with Gasteiger partial charge in [-0.05, 0) is 109 Å². The Bertz CT molecular complexity index is 3060. The summed E-state index contributed by atoms with van der Waals surface area (Å²) in [5.74, 6) is -9.97. The molecule has 0 radical (unpaired) electrons. The molecule has 6 amide bonds. The average Bonchev–Trinajstić information content (AvgIpc) is 1.16. The number of alkyl halides is 2. The van der Waals surface area contributed by atoms with Crippen LogP contribution in [0.1, 0.15) is 67.3 Å². The molecule has 92 heavy (non-hydrogen) atoms. The van der Waals surface area contributed by atoms with E-state index < -0.39 is 103 Å². The van der Waals surface area contributed by atoms with Gasteiger partial charge in [0.2, 0.25) is 29.5 Å². The molecular weight excluding hydrogens is 1340 g/mol. The zero-order valence-electron chi connectivity index (χ0n) is 51.4. The number of carboxylic acid groups (broad SMARTS) is 3. The van der Waals surface area contributed by atoms with Gasteiger partial charge in [-0.2, -0.15) is 17.0 Å². The molecule has 4 heterocycles. The molecule has 7 N–H and O–H groups in total. The van der Waals surface area contributed by atoms with Crippen molar-refractivity contribution in [2.24, 2.45) is 5.92 Å². The average molecular weight is 1420 g/mol. The van der Waals surface area contributed by atoms with E-state index in [0.717, 1.165) is 34.0 Å². The normalized spacial score (nSPS) is 17.8. The van der Waals surface area contributed by atoms with Crippen molar-refractivity contribution in [3.8, 4) is 11.8 Å². The summed E-state index contributed by atoms with van der Waals surface area (Å²) in [5.41, 5.74) is 1.74. The van der Waals surface area contributed by atoms with Crippen molar-refractivity contribution in [1.29, 1.82) is 5.26 Å². The van der Waals surface area contributed by atoms with E-state index in [1.807, 2.05) is 24.3 Å². The second-order valence-electron chi connectivity index (χ2n) is 22.9. The van der Waals surface area contributed by atoms with Crippen LogP contribution in [0, 0.1) is 20.8 Å². The number of hydrogen-bond acceptors (Lipinski definition) is 19. The summed E-state index contributed by atoms with van der Waals surface area (Å²) in [6.45, 7) is -0.608. The predicted molar refractivity (Wildman–Crippen MR) is 340 cm³/mol. The number of benzene rings is 2. The quantitative estimate of drug-likeness (QED) is 0.0273. The van der Waals surface area contributed by atoms with Gasteiger partial charge < -0.3 is 55.9 Å². The van der Waals surface area contributed by atoms with Crippen LogP contribution in [-0.4, -0.2) is 270 Å². The first-order valence-electron chi connectivity index (χ1n) is 30.4. The fourth-order valence-corrected chi connectivity index (χ4v) is 12.2. The Morgan fingerprint density at radius 1 is 0.772 bits per heavy atom. The fourth-order valence-electron chi connectivity index (χ4n) is 11.0. The molecule has 3 atom stereocenters. The van der Waals surface area contributed by atoms with Crippen molar-refractivity contribution >= 4 is 105 Å². The monoisotopic (exact) mass is 1420 g/mol. The first kappa shape index (κ1) is 73.7. The van der Waals surface area contributed by atoms with E-state index in [2.05, 4.69) is 48.8 Å². The maximum absolute atomic E-state index is 14.5. The number of rotatable bonds is 31. The van der Waals surface area contributed by atoms with Crippen molar-refractivity contribution in [3.05, 3.63) is 69.4 Å². The number of aromatic nitrogens is 1. The molecule has 0 unspecified atom stereocenters. The summed E-state index contributed by atoms with van der Waals surface area (Å²) in [7, 11) is 1.15. The van der Waals surface area contributed by atoms with Crippen molar-refractivity contribution in [2.45, 2.75) is 81.8 Å². The molecule has 0 spiro atoms. The summed E-state index contributed by atoms with van der Waals surface area (Å²) >= 11 is 3.48. The summed E-state index contributed by atoms with van der Waals surface area (Å²) in [6, 6.07) is 12.2. The van der Waals surface area contributed by atoms with E-state index in [0.29, 0.717) is 74.2 Å². The molecule has 0 saturated carbocycles. The lowest BCUT2D eigenvalue weighted by Crippen LogP contribution is -2.57. The maximum Gasteiger partial charge on any atom is 0.317 e. The minimum absolute atomic E-state index is 0.0282. The highest BCUT2D eigenvalue weighted by atomic mass is 127. The number of aliphatic carboxylic acids is 3. The number of nitriles is 1. The lowest BCUT2D eigenvalue weighted by molar-refractivity contribution is -0.146. The van der Waals surface area contributed by atoms with Gasteiger partial charge in [0.05, 0.1) is 76.6 Å². The van der Waals surface area contributed by atoms with Gasteiger partial charge >= 0.3 is 23.9 Å². The number of thioether (sulfide) groups is 1. The first-order valence-corrected chi connectivity index (χ1v) is 32.7. The molecule has 3 saturated heterocycles. The molecule has 3 aromatic rings. The molecule has 31 heteroatoms. The molecular formula is C61H81F2IN12O15S. The highest BCUT2D eigenvalue weighted by Crippen LogP contribution is 2.32. The second-order valence-corrected chi connectivity index (χ2v) is 25.3. The lowest BCUT2D eigenvalue weighted by Gasteiger charge is -2.34. The molecule has 502 valence electrons. The number of pyridine rings is 1. The van der Waals surface area contributed by atoms with Gasteiger partial charge in [-0.1, -0.05) is 12.1 Å². The number of piperidine rings is 1. The SMILES string of the molecule is COC(=O)C[C@H](NC(=O)[C@H](CSCCNC(=O)CCCc1ccc(I)cc1)NC(=O)CN1CCN(CC(=O)O)CCN(CC(=O)O)CCN(CC(=O)O)CC1)C(=O)N1CCC(CCCOc2ccc3nccc(C(=O)NCC(=O)N4CC(F)(F)C[C@@H]4C#N)c3c2)CC1. The van der Waals surface area contributed by atoms with Crippen molar-refractivity contribution in [1.82, 2.24) is 55.7 Å². The third-order valence-electron chi connectivity index (χ3n) is 15.9. The van der Waals surface area contributed by atoms with Crippen LogP contribution in [0.5, 0.6) is 5.75 Å². The fraction of sp³-hybridized carbons (Fsp3) is 0.574. The van der Waals surface area contributed by atoms with Crippen LogP contribution in [0.3, 0.4) is 0 Å². The highest BCUT2D eigenvalue weighted by molar-refractivity contribution is 14.1. The number of carbonyl (C=O) groups is 10. The number of methoxy groups -OCH3 is 1. The van der Waals surface area contributed by atoms with Crippen LogP contribution in [0.25, 0.3) is 10.9 Å². The summed E-state index contributed by atoms with van der Waals surface area (Å²) in [5, 5.41) is 49.6. The molecule has 3 fully saturated rings. The molecule has 1 aromatic heterocycles. The van der Waals surface area contributed by atoms with E-state index in [1.54, 1.807) is 48.8 Å². The number of carboxylic acids is 3. The van der Waals surface area contributed by atoms with Gasteiger partial charge in [-0.15, -0.1) is 0 Å². The minimum Gasteiger partial charge on any atom is -0.494 e. The third kappa shape index (κ3) is 25.3. The van der Waals surface area contributed by atoms with Crippen molar-refractivity contribution in [2.75, 3.05) is 136 Å². The Labute approximate surface area is 549 Å². The van der Waals surface area contributed by atoms with E-state index in [4.69, 9.17) is 9.47 Å². The van der Waals surface area contributed by atoms with E-state index in [-0.39, 0.29) is 108 Å². The van der Waals surface area contributed by atoms with Crippen LogP contribution in [-0.2, 0) is 54.3 Å². The van der Waals surface area contributed by atoms with Crippen LogP contribution < -0.4 is 26.0 Å². The molecule has 0 bridgehead atoms. The molecule has 0 aliphatic carbocycles. The van der Waals surface area contributed by atoms with Crippen LogP contribution in [0.2, 0.25) is 0 Å². The van der Waals surface area contributed by atoms with Gasteiger partial charge in [-0.25, -0.2) is 8.78 Å². The second kappa shape index (κ2) is 37.4. The van der Waals surface area contributed by atoms with Gasteiger partial charge in [0.25, 0.3) is 11.8 Å². The van der Waals surface area contributed by atoms with Gasteiger partial charge in [0, 0.05) is 111 Å². The molecule has 2 aromatic carbocycles. The molecule has 6 rings (SSSR count). The third-order valence-corrected chi connectivity index (χ3v) is 17.7. The Kier molecular flexibility index (Phi) is 29.9. The number of carbonyl (C=O) groups excluding carboxylic acids is 7. The van der Waals surface area contributed by atoms with Crippen molar-refractivity contribution < 1.29 is 81.5 Å². The van der Waals surface area contributed by atoms with Gasteiger partial charge in [-0.3, -0.25) is 72.5 Å². The highest BCUT2D eigenvalue weighted by Gasteiger charge is 2.47. The van der Waals surface area contributed by atoms with Gasteiger partial charge in [0.15, 0.2) is 0 Å². The lowest BCUT2D eigenvalue weighted by atomic mass is 9.92. The molecule has 27 nitrogen and oxygen atoms in total. The zero-order valence-corrected chi connectivity index (χ0v) is 54.3. The van der Waals surface area contributed by atoms with Crippen LogP contribution in [0.15, 0.2) is 54.7 Å². The maximum atomic E-state index is 14.5. The zero-order chi connectivity index (χ0) is 66.7. The van der Waals surface area contributed by atoms with Crippen LogP contribution in [0.4, 0.5) is 8.78 Å². The molecule has 3 aliphatic heterocycles. The Hall–Kier alpha value is -7.38. The van der Waals surface area contributed by atoms with Crippen LogP contribution >= 0.6 is 34.4 Å². The number of nitrogens with zero attached hydrogens (tertiary/aromatic N) is 8. The Morgan fingerprint density at radius 3 is 1.97 bits per heavy atom. The number of hydrogen-bond donors (Lipinski definition) is 7. The number of nitrogens with one attached hydrogen (secondary N) is 4. The van der Waals surface area contributed by atoms with E-state index >= 15 is 0 Å². The topological polar surface area (TPSA) is 354 Å². The number of fused-ring (bicyclic) bond motifs is 1. The standard InChI is InChI=1S/C61H81F2IN12O15S/c1-90-57(86)31-49(60(89)75-18-14-42(15-19-75)5-3-28-91-45-11-12-48-47(30-45)46(13-16-66-48)58(87)68-34-53(79)76-40-61(62,63)32-44(76)33-65)70-59(88)50(39-92-29-17-67-51(77)6-2-4-41-7-9-43(64)10-8-41)69-52(78)35-71-20-22-72(36-54(80)81)24-26-74(38-56(84)85)27-25-73(23-21-71)37-55(82)83/h7-13,16,30,42,44,49-50H,2-6,14-15,17-29,31-32,34-40H2,1H3,(H,67,77)(H,68,87)(H,69,78)(H,70,88)(H,80,81)(H,82,83)(H,84,85)/t44-,49+,50+/m1/s1. The molecule has 3 aliphatic rings. The number of aryl methyl sites for hydroxylation is 1. The summed E-state index contributed by atoms with van der Waals surface area (Å²) in [6.07, 6.45) is 4.27. The largest absolute Gasteiger partial charge is 0.494 e. The number of esters is 1. The smallest absolute Gasteiger partial charge is 0.317 e. The van der Waals surface area contributed by atoms with Crippen molar-refractivity contribution in [3.63, 3.8) is 0 Å². The predicted octanol–water partition coefficient (Wildman–Crippen LogP) is 1.61. The minimum atomic E-state index is -3.21. The van der Waals surface area contributed by atoms with E-state index in [1.165, 1.54) is 24.0 Å². The first-order chi connectivity index (χ1) is 44.0. The number of likely N-dealkylation sites (tertiary alicyclic amines) is 2. The van der Waals surface area contributed by atoms with Gasteiger partial charge in [0.1, 0.15) is 23.9 Å². The summed E-state index contributed by atoms with van der Waals surface area (Å²) in [4.78, 5) is 143. The Morgan fingerprint density at radius 2 is 1.38 bits per heavy atom. The Balaban J connectivity index is 1.05. The summed E-state index contributed by atoms with van der Waals surface area (Å²) < 4.78 is 40.1. The number of halogens is 3.